The number of pyridine rings is 1. The van der Waals surface area contributed by atoms with Gasteiger partial charge in [-0.1, -0.05) is 24.3 Å². The van der Waals surface area contributed by atoms with Gasteiger partial charge < -0.3 is 10.1 Å². The molecule has 18 heavy (non-hydrogen) atoms. The van der Waals surface area contributed by atoms with Crippen molar-refractivity contribution in [1.82, 2.24) is 10.3 Å². The summed E-state index contributed by atoms with van der Waals surface area (Å²) in [5, 5.41) is 6.12. The first-order valence-corrected chi connectivity index (χ1v) is 6.56. The van der Waals surface area contributed by atoms with E-state index in [0.717, 1.165) is 32.6 Å². The molecule has 0 saturated carbocycles. The van der Waals surface area contributed by atoms with Gasteiger partial charge in [0.05, 0.1) is 0 Å². The van der Waals surface area contributed by atoms with Crippen LogP contribution in [0.5, 0.6) is 0 Å². The van der Waals surface area contributed by atoms with Crippen molar-refractivity contribution >= 4 is 10.8 Å². The third-order valence-corrected chi connectivity index (χ3v) is 3.55. The molecule has 1 aromatic carbocycles. The minimum Gasteiger partial charge on any atom is -0.381 e. The summed E-state index contributed by atoms with van der Waals surface area (Å²) < 4.78 is 5.37. The molecule has 1 aliphatic heterocycles. The van der Waals surface area contributed by atoms with Gasteiger partial charge in [-0.3, -0.25) is 4.98 Å². The molecule has 2 aromatic rings. The second kappa shape index (κ2) is 5.46. The van der Waals surface area contributed by atoms with Crippen molar-refractivity contribution in [3.05, 3.63) is 42.2 Å². The average Bonchev–Trinajstić information content (AvgIpc) is 2.46. The number of hydrogen-bond acceptors (Lipinski definition) is 3. The number of hydrogen-bond donors (Lipinski definition) is 1. The van der Waals surface area contributed by atoms with Crippen LogP contribution in [-0.2, 0) is 11.3 Å². The van der Waals surface area contributed by atoms with Crippen molar-refractivity contribution < 1.29 is 4.74 Å². The molecule has 0 bridgehead atoms. The van der Waals surface area contributed by atoms with Gasteiger partial charge in [-0.2, -0.15) is 0 Å². The van der Waals surface area contributed by atoms with Crippen molar-refractivity contribution in [2.45, 2.75) is 25.4 Å². The van der Waals surface area contributed by atoms with E-state index in [-0.39, 0.29) is 0 Å². The van der Waals surface area contributed by atoms with Crippen LogP contribution >= 0.6 is 0 Å². The summed E-state index contributed by atoms with van der Waals surface area (Å²) in [6.07, 6.45) is 6.11. The lowest BCUT2D eigenvalue weighted by Crippen LogP contribution is -2.34. The number of nitrogens with zero attached hydrogens (tertiary/aromatic N) is 1. The smallest absolute Gasteiger partial charge is 0.0480 e. The minimum absolute atomic E-state index is 0.581. The highest BCUT2D eigenvalue weighted by Crippen LogP contribution is 2.17. The van der Waals surface area contributed by atoms with Crippen LogP contribution in [0.3, 0.4) is 0 Å². The van der Waals surface area contributed by atoms with Crippen molar-refractivity contribution in [1.29, 1.82) is 0 Å². The summed E-state index contributed by atoms with van der Waals surface area (Å²) >= 11 is 0. The standard InChI is InChI=1S/C15H18N2O/c1-2-4-15-12(3-1)9-16-10-13(15)11-17-14-5-7-18-8-6-14/h1-4,9-10,14,17H,5-8,11H2. The van der Waals surface area contributed by atoms with E-state index in [2.05, 4.69) is 34.6 Å². The number of rotatable bonds is 3. The van der Waals surface area contributed by atoms with Crippen molar-refractivity contribution in [2.75, 3.05) is 13.2 Å². The monoisotopic (exact) mass is 242 g/mol. The lowest BCUT2D eigenvalue weighted by atomic mass is 10.1. The molecule has 0 amide bonds. The molecule has 1 N–H and O–H groups in total. The van der Waals surface area contributed by atoms with Gasteiger partial charge in [0.2, 0.25) is 0 Å². The molecule has 0 aliphatic carbocycles. The predicted octanol–water partition coefficient (Wildman–Crippen LogP) is 2.50. The predicted molar refractivity (Wildman–Crippen MR) is 72.4 cm³/mol. The maximum absolute atomic E-state index is 5.37. The zero-order chi connectivity index (χ0) is 12.2. The van der Waals surface area contributed by atoms with E-state index in [0.29, 0.717) is 6.04 Å². The van der Waals surface area contributed by atoms with Crippen LogP contribution in [0.25, 0.3) is 10.8 Å². The Hall–Kier alpha value is -1.45. The Morgan fingerprint density at radius 1 is 1.17 bits per heavy atom. The Labute approximate surface area is 107 Å². The first kappa shape index (κ1) is 11.6. The SMILES string of the molecule is c1ccc2c(CNC3CCOCC3)cncc2c1. The average molecular weight is 242 g/mol. The first-order valence-electron chi connectivity index (χ1n) is 6.56. The molecule has 1 aliphatic rings. The van der Waals surface area contributed by atoms with Gasteiger partial charge in [0, 0.05) is 43.6 Å². The molecule has 3 heteroatoms. The van der Waals surface area contributed by atoms with Crippen LogP contribution in [0.1, 0.15) is 18.4 Å². The van der Waals surface area contributed by atoms with E-state index in [1.54, 1.807) is 0 Å². The topological polar surface area (TPSA) is 34.1 Å². The molecule has 0 atom stereocenters. The number of ether oxygens (including phenoxy) is 1. The highest BCUT2D eigenvalue weighted by atomic mass is 16.5. The van der Waals surface area contributed by atoms with E-state index in [1.807, 2.05) is 12.4 Å². The fourth-order valence-corrected chi connectivity index (χ4v) is 2.48. The van der Waals surface area contributed by atoms with Gasteiger partial charge in [-0.05, 0) is 23.8 Å². The Balaban J connectivity index is 1.74. The van der Waals surface area contributed by atoms with Gasteiger partial charge in [-0.15, -0.1) is 0 Å². The normalized spacial score (nSPS) is 17.1. The Morgan fingerprint density at radius 2 is 2.00 bits per heavy atom. The summed E-state index contributed by atoms with van der Waals surface area (Å²) in [4.78, 5) is 4.31. The van der Waals surface area contributed by atoms with Crippen molar-refractivity contribution in [2.24, 2.45) is 0 Å². The number of fused-ring (bicyclic) bond motifs is 1. The Kier molecular flexibility index (Phi) is 3.53. The Bertz CT molecular complexity index is 515. The zero-order valence-corrected chi connectivity index (χ0v) is 10.4. The summed E-state index contributed by atoms with van der Waals surface area (Å²) in [6, 6.07) is 9.00. The van der Waals surface area contributed by atoms with Gasteiger partial charge >= 0.3 is 0 Å². The highest BCUT2D eigenvalue weighted by molar-refractivity contribution is 5.84. The van der Waals surface area contributed by atoms with Gasteiger partial charge in [0.1, 0.15) is 0 Å². The third kappa shape index (κ3) is 2.52. The summed E-state index contributed by atoms with van der Waals surface area (Å²) in [6.45, 7) is 2.65. The quantitative estimate of drug-likeness (QED) is 0.898. The van der Waals surface area contributed by atoms with Gasteiger partial charge in [0.15, 0.2) is 0 Å². The molecule has 0 radical (unpaired) electrons. The second-order valence-corrected chi connectivity index (χ2v) is 4.79. The van der Waals surface area contributed by atoms with Crippen LogP contribution in [0.4, 0.5) is 0 Å². The van der Waals surface area contributed by atoms with Crippen LogP contribution < -0.4 is 5.32 Å². The zero-order valence-electron chi connectivity index (χ0n) is 10.4. The molecule has 3 nitrogen and oxygen atoms in total. The maximum atomic E-state index is 5.37. The minimum atomic E-state index is 0.581. The molecule has 1 aromatic heterocycles. The van der Waals surface area contributed by atoms with E-state index in [4.69, 9.17) is 4.74 Å². The largest absolute Gasteiger partial charge is 0.381 e. The molecular formula is C15H18N2O. The van der Waals surface area contributed by atoms with Crippen LogP contribution in [0.15, 0.2) is 36.7 Å². The molecule has 2 heterocycles. The number of aromatic nitrogens is 1. The lowest BCUT2D eigenvalue weighted by Gasteiger charge is -2.23. The van der Waals surface area contributed by atoms with E-state index in [9.17, 15) is 0 Å². The van der Waals surface area contributed by atoms with E-state index < -0.39 is 0 Å². The molecule has 1 fully saturated rings. The Morgan fingerprint density at radius 3 is 2.89 bits per heavy atom. The van der Waals surface area contributed by atoms with E-state index >= 15 is 0 Å². The third-order valence-electron chi connectivity index (χ3n) is 3.55. The summed E-state index contributed by atoms with van der Waals surface area (Å²) in [5.41, 5.74) is 1.28. The lowest BCUT2D eigenvalue weighted by molar-refractivity contribution is 0.0776. The van der Waals surface area contributed by atoms with Gasteiger partial charge in [0.25, 0.3) is 0 Å². The van der Waals surface area contributed by atoms with Crippen molar-refractivity contribution in [3.8, 4) is 0 Å². The first-order chi connectivity index (χ1) is 8.93. The van der Waals surface area contributed by atoms with Crippen LogP contribution in [-0.4, -0.2) is 24.2 Å². The number of nitrogens with one attached hydrogen (secondary N) is 1. The molecule has 0 spiro atoms. The van der Waals surface area contributed by atoms with Crippen LogP contribution in [0, 0.1) is 0 Å². The summed E-state index contributed by atoms with van der Waals surface area (Å²) in [5.74, 6) is 0. The number of benzene rings is 1. The van der Waals surface area contributed by atoms with Crippen LogP contribution in [0.2, 0.25) is 0 Å². The molecule has 1 saturated heterocycles. The molecule has 3 rings (SSSR count). The highest BCUT2D eigenvalue weighted by Gasteiger charge is 2.13. The molecular weight excluding hydrogens is 224 g/mol. The fourth-order valence-electron chi connectivity index (χ4n) is 2.48. The van der Waals surface area contributed by atoms with E-state index in [1.165, 1.54) is 16.3 Å². The van der Waals surface area contributed by atoms with Crippen molar-refractivity contribution in [3.63, 3.8) is 0 Å². The molecule has 0 unspecified atom stereocenters. The fraction of sp³-hybridized carbons (Fsp3) is 0.400. The maximum Gasteiger partial charge on any atom is 0.0480 e. The molecule has 94 valence electrons. The van der Waals surface area contributed by atoms with Gasteiger partial charge in [-0.25, -0.2) is 0 Å². The summed E-state index contributed by atoms with van der Waals surface area (Å²) in [7, 11) is 0. The second-order valence-electron chi connectivity index (χ2n) is 4.79.